The summed E-state index contributed by atoms with van der Waals surface area (Å²) in [5.74, 6) is -0.0495. The molecule has 0 spiro atoms. The highest BCUT2D eigenvalue weighted by molar-refractivity contribution is 5.96. The van der Waals surface area contributed by atoms with Crippen LogP contribution < -0.4 is 10.1 Å². The normalized spacial score (nSPS) is 14.9. The molecule has 2 aromatic rings. The Morgan fingerprint density at radius 2 is 1.72 bits per heavy atom. The summed E-state index contributed by atoms with van der Waals surface area (Å²) in [5.41, 5.74) is 1.54. The molecular weight excluding hydrogens is 373 g/mol. The molecule has 1 aliphatic rings. The van der Waals surface area contributed by atoms with E-state index >= 15 is 0 Å². The van der Waals surface area contributed by atoms with Crippen LogP contribution in [0, 0.1) is 5.82 Å². The van der Waals surface area contributed by atoms with Gasteiger partial charge in [0.2, 0.25) is 5.91 Å². The minimum absolute atomic E-state index is 0.0608. The minimum Gasteiger partial charge on any atom is -0.497 e. The molecule has 0 saturated carbocycles. The average molecular weight is 399 g/mol. The van der Waals surface area contributed by atoms with Crippen molar-refractivity contribution < 1.29 is 18.7 Å². The Morgan fingerprint density at radius 1 is 1.00 bits per heavy atom. The highest BCUT2D eigenvalue weighted by Crippen LogP contribution is 2.14. The van der Waals surface area contributed by atoms with Crippen LogP contribution >= 0.6 is 0 Å². The molecule has 0 atom stereocenters. The lowest BCUT2D eigenvalue weighted by atomic mass is 10.2. The van der Waals surface area contributed by atoms with Crippen LogP contribution in [0.5, 0.6) is 5.75 Å². The van der Waals surface area contributed by atoms with E-state index in [-0.39, 0.29) is 18.4 Å². The van der Waals surface area contributed by atoms with Crippen LogP contribution in [0.3, 0.4) is 0 Å². The molecule has 0 radical (unpaired) electrons. The average Bonchev–Trinajstić information content (AvgIpc) is 2.98. The number of benzene rings is 2. The van der Waals surface area contributed by atoms with E-state index in [0.29, 0.717) is 18.7 Å². The largest absolute Gasteiger partial charge is 0.497 e. The second-order valence-corrected chi connectivity index (χ2v) is 7.05. The van der Waals surface area contributed by atoms with E-state index in [2.05, 4.69) is 22.3 Å². The molecule has 3 rings (SSSR count). The SMILES string of the molecule is COc1ccc(CN2CCCN(C(=O)CNC(=O)c3ccc(F)cc3)CC2)cc1. The Bertz CT molecular complexity index is 824. The zero-order valence-corrected chi connectivity index (χ0v) is 16.6. The third-order valence-corrected chi connectivity index (χ3v) is 5.01. The molecule has 154 valence electrons. The van der Waals surface area contributed by atoms with Gasteiger partial charge >= 0.3 is 0 Å². The molecule has 1 N–H and O–H groups in total. The molecule has 1 heterocycles. The topological polar surface area (TPSA) is 61.9 Å². The number of methoxy groups -OCH3 is 1. The van der Waals surface area contributed by atoms with Crippen LogP contribution in [0.1, 0.15) is 22.3 Å². The summed E-state index contributed by atoms with van der Waals surface area (Å²) in [5, 5.41) is 2.62. The van der Waals surface area contributed by atoms with E-state index in [1.807, 2.05) is 12.1 Å². The fourth-order valence-corrected chi connectivity index (χ4v) is 3.34. The summed E-state index contributed by atoms with van der Waals surface area (Å²) in [4.78, 5) is 28.7. The summed E-state index contributed by atoms with van der Waals surface area (Å²) < 4.78 is 18.1. The molecule has 1 fully saturated rings. The van der Waals surface area contributed by atoms with Crippen molar-refractivity contribution in [1.82, 2.24) is 15.1 Å². The maximum Gasteiger partial charge on any atom is 0.251 e. The lowest BCUT2D eigenvalue weighted by Crippen LogP contribution is -2.42. The Kier molecular flexibility index (Phi) is 7.19. The van der Waals surface area contributed by atoms with Crippen molar-refractivity contribution in [2.24, 2.45) is 0 Å². The van der Waals surface area contributed by atoms with Gasteiger partial charge in [0, 0.05) is 38.3 Å². The first-order valence-electron chi connectivity index (χ1n) is 9.72. The zero-order chi connectivity index (χ0) is 20.6. The van der Waals surface area contributed by atoms with Gasteiger partial charge in [-0.05, 0) is 48.4 Å². The van der Waals surface area contributed by atoms with Crippen LogP contribution in [0.2, 0.25) is 0 Å². The first-order chi connectivity index (χ1) is 14.0. The highest BCUT2D eigenvalue weighted by Gasteiger charge is 2.20. The minimum atomic E-state index is -0.401. The van der Waals surface area contributed by atoms with Gasteiger partial charge in [0.15, 0.2) is 0 Å². The number of rotatable bonds is 6. The van der Waals surface area contributed by atoms with Crippen molar-refractivity contribution in [3.63, 3.8) is 0 Å². The third-order valence-electron chi connectivity index (χ3n) is 5.01. The standard InChI is InChI=1S/C22H26FN3O3/c1-29-20-9-3-17(4-10-20)16-25-11-2-12-26(14-13-25)21(27)15-24-22(28)18-5-7-19(23)8-6-18/h3-10H,2,11-16H2,1H3,(H,24,28). The van der Waals surface area contributed by atoms with Crippen LogP contribution in [0.25, 0.3) is 0 Å². The molecule has 2 aromatic carbocycles. The van der Waals surface area contributed by atoms with Gasteiger partial charge < -0.3 is 15.0 Å². The summed E-state index contributed by atoms with van der Waals surface area (Å²) >= 11 is 0. The second kappa shape index (κ2) is 10.0. The molecule has 6 nitrogen and oxygen atoms in total. The zero-order valence-electron chi connectivity index (χ0n) is 16.6. The van der Waals surface area contributed by atoms with Crippen LogP contribution in [0.15, 0.2) is 48.5 Å². The molecule has 7 heteroatoms. The van der Waals surface area contributed by atoms with E-state index in [0.717, 1.165) is 31.8 Å². The van der Waals surface area contributed by atoms with Crippen molar-refractivity contribution in [3.05, 3.63) is 65.5 Å². The molecule has 0 unspecified atom stereocenters. The van der Waals surface area contributed by atoms with Gasteiger partial charge in [0.05, 0.1) is 13.7 Å². The number of nitrogens with zero attached hydrogens (tertiary/aromatic N) is 2. The quantitative estimate of drug-likeness (QED) is 0.810. The molecule has 29 heavy (non-hydrogen) atoms. The van der Waals surface area contributed by atoms with Gasteiger partial charge in [0.25, 0.3) is 5.91 Å². The molecule has 0 bridgehead atoms. The first kappa shape index (κ1) is 20.8. The number of hydrogen-bond acceptors (Lipinski definition) is 4. The number of nitrogens with one attached hydrogen (secondary N) is 1. The number of ether oxygens (including phenoxy) is 1. The maximum absolute atomic E-state index is 12.9. The van der Waals surface area contributed by atoms with Crippen LogP contribution in [-0.4, -0.2) is 61.4 Å². The third kappa shape index (κ3) is 6.02. The lowest BCUT2D eigenvalue weighted by molar-refractivity contribution is -0.130. The van der Waals surface area contributed by atoms with E-state index in [1.54, 1.807) is 12.0 Å². The second-order valence-electron chi connectivity index (χ2n) is 7.05. The van der Waals surface area contributed by atoms with Gasteiger partial charge in [-0.25, -0.2) is 4.39 Å². The fraction of sp³-hybridized carbons (Fsp3) is 0.364. The van der Waals surface area contributed by atoms with Gasteiger partial charge in [-0.3, -0.25) is 14.5 Å². The highest BCUT2D eigenvalue weighted by atomic mass is 19.1. The van der Waals surface area contributed by atoms with E-state index in [1.165, 1.54) is 29.8 Å². The van der Waals surface area contributed by atoms with Crippen molar-refractivity contribution in [2.45, 2.75) is 13.0 Å². The molecule has 1 saturated heterocycles. The summed E-state index contributed by atoms with van der Waals surface area (Å²) in [7, 11) is 1.65. The van der Waals surface area contributed by atoms with Gasteiger partial charge in [0.1, 0.15) is 11.6 Å². The molecular formula is C22H26FN3O3. The van der Waals surface area contributed by atoms with E-state index in [9.17, 15) is 14.0 Å². The number of carbonyl (C=O) groups is 2. The van der Waals surface area contributed by atoms with Crippen molar-refractivity contribution in [3.8, 4) is 5.75 Å². The Morgan fingerprint density at radius 3 is 2.41 bits per heavy atom. The monoisotopic (exact) mass is 399 g/mol. The van der Waals surface area contributed by atoms with Gasteiger partial charge in [-0.15, -0.1) is 0 Å². The van der Waals surface area contributed by atoms with Crippen molar-refractivity contribution >= 4 is 11.8 Å². The number of hydrogen-bond donors (Lipinski definition) is 1. The Labute approximate surface area is 170 Å². The maximum atomic E-state index is 12.9. The number of carbonyl (C=O) groups excluding carboxylic acids is 2. The summed E-state index contributed by atoms with van der Waals surface area (Å²) in [6.45, 7) is 3.76. The number of amides is 2. The summed E-state index contributed by atoms with van der Waals surface area (Å²) in [6.07, 6.45) is 0.883. The first-order valence-corrected chi connectivity index (χ1v) is 9.72. The lowest BCUT2D eigenvalue weighted by Gasteiger charge is -2.22. The molecule has 0 aromatic heterocycles. The van der Waals surface area contributed by atoms with E-state index in [4.69, 9.17) is 4.74 Å². The molecule has 1 aliphatic heterocycles. The van der Waals surface area contributed by atoms with Crippen molar-refractivity contribution in [1.29, 1.82) is 0 Å². The molecule has 2 amide bonds. The predicted octanol–water partition coefficient (Wildman–Crippen LogP) is 2.30. The molecule has 0 aliphatic carbocycles. The smallest absolute Gasteiger partial charge is 0.251 e. The van der Waals surface area contributed by atoms with Crippen LogP contribution in [-0.2, 0) is 11.3 Å². The Balaban J connectivity index is 1.46. The predicted molar refractivity (Wildman–Crippen MR) is 108 cm³/mol. The van der Waals surface area contributed by atoms with E-state index < -0.39 is 5.82 Å². The Hall–Kier alpha value is -2.93. The number of halogens is 1. The van der Waals surface area contributed by atoms with Gasteiger partial charge in [-0.1, -0.05) is 12.1 Å². The summed E-state index contributed by atoms with van der Waals surface area (Å²) in [6, 6.07) is 13.3. The van der Waals surface area contributed by atoms with Gasteiger partial charge in [-0.2, -0.15) is 0 Å². The van der Waals surface area contributed by atoms with Crippen molar-refractivity contribution in [2.75, 3.05) is 39.8 Å². The fourth-order valence-electron chi connectivity index (χ4n) is 3.34. The van der Waals surface area contributed by atoms with Crippen LogP contribution in [0.4, 0.5) is 4.39 Å².